The number of aryl methyl sites for hydroxylation is 1. The molecule has 1 aliphatic rings. The lowest BCUT2D eigenvalue weighted by Crippen LogP contribution is -2.25. The molecule has 2 aromatic carbocycles. The maximum Gasteiger partial charge on any atom is 0.247 e. The molecular formula is C17H18N2O2S. The number of hydrogen-bond donors (Lipinski definition) is 0. The zero-order valence-electron chi connectivity index (χ0n) is 12.6. The topological polar surface area (TPSA) is 49.7 Å². The third-order valence-electron chi connectivity index (χ3n) is 3.78. The Labute approximate surface area is 131 Å². The molecule has 114 valence electrons. The van der Waals surface area contributed by atoms with E-state index >= 15 is 0 Å². The molecule has 3 rings (SSSR count). The van der Waals surface area contributed by atoms with E-state index in [9.17, 15) is 8.42 Å². The van der Waals surface area contributed by atoms with Gasteiger partial charge in [0.2, 0.25) is 10.0 Å². The molecule has 0 N–H and O–H groups in total. The van der Waals surface area contributed by atoms with Crippen LogP contribution in [0, 0.1) is 6.92 Å². The van der Waals surface area contributed by atoms with Gasteiger partial charge in [-0.1, -0.05) is 60.2 Å². The number of sulfonamides is 1. The van der Waals surface area contributed by atoms with Crippen molar-refractivity contribution in [2.75, 3.05) is 6.26 Å². The fraction of sp³-hybridized carbons (Fsp3) is 0.235. The van der Waals surface area contributed by atoms with Crippen LogP contribution in [0.1, 0.15) is 29.2 Å². The Kier molecular flexibility index (Phi) is 3.74. The van der Waals surface area contributed by atoms with Crippen molar-refractivity contribution in [1.29, 1.82) is 0 Å². The molecule has 0 saturated carbocycles. The van der Waals surface area contributed by atoms with Crippen molar-refractivity contribution in [3.05, 3.63) is 71.3 Å². The van der Waals surface area contributed by atoms with Gasteiger partial charge in [-0.25, -0.2) is 8.42 Å². The molecule has 0 spiro atoms. The largest absolute Gasteiger partial charge is 0.247 e. The van der Waals surface area contributed by atoms with E-state index in [1.54, 1.807) is 0 Å². The monoisotopic (exact) mass is 314 g/mol. The van der Waals surface area contributed by atoms with E-state index in [1.807, 2.05) is 61.5 Å². The highest BCUT2D eigenvalue weighted by atomic mass is 32.2. The molecule has 0 fully saturated rings. The van der Waals surface area contributed by atoms with Gasteiger partial charge in [0.1, 0.15) is 0 Å². The van der Waals surface area contributed by atoms with E-state index in [0.29, 0.717) is 6.42 Å². The molecule has 0 saturated heterocycles. The Morgan fingerprint density at radius 1 is 1.05 bits per heavy atom. The summed E-state index contributed by atoms with van der Waals surface area (Å²) < 4.78 is 25.4. The van der Waals surface area contributed by atoms with Crippen LogP contribution in [-0.4, -0.2) is 24.8 Å². The summed E-state index contributed by atoms with van der Waals surface area (Å²) in [6.07, 6.45) is 1.78. The SMILES string of the molecule is Cc1ccc([C@H]2CC(c3ccccc3)=NN2S(C)(=O)=O)cc1. The van der Waals surface area contributed by atoms with Gasteiger partial charge in [-0.05, 0) is 18.1 Å². The molecule has 1 atom stereocenters. The van der Waals surface area contributed by atoms with Crippen molar-refractivity contribution in [2.24, 2.45) is 5.10 Å². The van der Waals surface area contributed by atoms with E-state index in [2.05, 4.69) is 5.10 Å². The Hall–Kier alpha value is -2.14. The third-order valence-corrected chi connectivity index (χ3v) is 4.80. The standard InChI is InChI=1S/C17H18N2O2S/c1-13-8-10-15(11-9-13)17-12-16(14-6-4-3-5-7-14)18-19(17)22(2,20)21/h3-11,17H,12H2,1-2H3/t17-/m1/s1. The quantitative estimate of drug-likeness (QED) is 0.874. The van der Waals surface area contributed by atoms with Gasteiger partial charge in [0.15, 0.2) is 0 Å². The summed E-state index contributed by atoms with van der Waals surface area (Å²) in [4.78, 5) is 0. The zero-order chi connectivity index (χ0) is 15.7. The smallest absolute Gasteiger partial charge is 0.205 e. The lowest BCUT2D eigenvalue weighted by atomic mass is 9.98. The molecular weight excluding hydrogens is 296 g/mol. The predicted molar refractivity (Wildman–Crippen MR) is 88.2 cm³/mol. The minimum Gasteiger partial charge on any atom is -0.205 e. The van der Waals surface area contributed by atoms with Gasteiger partial charge in [-0.15, -0.1) is 0 Å². The second-order valence-electron chi connectivity index (χ2n) is 5.58. The van der Waals surface area contributed by atoms with Crippen LogP contribution in [-0.2, 0) is 10.0 Å². The Morgan fingerprint density at radius 2 is 1.68 bits per heavy atom. The maximum absolute atomic E-state index is 12.1. The number of hydrazone groups is 1. The first-order valence-electron chi connectivity index (χ1n) is 7.14. The second kappa shape index (κ2) is 5.57. The molecule has 22 heavy (non-hydrogen) atoms. The van der Waals surface area contributed by atoms with Crippen LogP contribution in [0.4, 0.5) is 0 Å². The average Bonchev–Trinajstić information content (AvgIpc) is 2.94. The Balaban J connectivity index is 2.00. The van der Waals surface area contributed by atoms with Crippen LogP contribution in [0.3, 0.4) is 0 Å². The van der Waals surface area contributed by atoms with Crippen LogP contribution in [0.5, 0.6) is 0 Å². The highest BCUT2D eigenvalue weighted by Crippen LogP contribution is 2.34. The molecule has 0 unspecified atom stereocenters. The van der Waals surface area contributed by atoms with E-state index in [0.717, 1.165) is 22.4 Å². The fourth-order valence-electron chi connectivity index (χ4n) is 2.64. The first-order chi connectivity index (χ1) is 10.4. The molecule has 4 nitrogen and oxygen atoms in total. The van der Waals surface area contributed by atoms with E-state index < -0.39 is 10.0 Å². The van der Waals surface area contributed by atoms with Gasteiger partial charge in [-0.3, -0.25) is 0 Å². The summed E-state index contributed by atoms with van der Waals surface area (Å²) >= 11 is 0. The first-order valence-corrected chi connectivity index (χ1v) is 8.99. The van der Waals surface area contributed by atoms with Gasteiger partial charge in [-0.2, -0.15) is 9.52 Å². The van der Waals surface area contributed by atoms with Crippen molar-refractivity contribution >= 4 is 15.7 Å². The van der Waals surface area contributed by atoms with E-state index in [-0.39, 0.29) is 6.04 Å². The van der Waals surface area contributed by atoms with Crippen LogP contribution < -0.4 is 0 Å². The molecule has 0 aliphatic carbocycles. The summed E-state index contributed by atoms with van der Waals surface area (Å²) in [5.41, 5.74) is 3.88. The molecule has 0 bridgehead atoms. The van der Waals surface area contributed by atoms with Gasteiger partial charge in [0, 0.05) is 6.42 Å². The highest BCUT2D eigenvalue weighted by molar-refractivity contribution is 7.88. The van der Waals surface area contributed by atoms with Crippen molar-refractivity contribution in [2.45, 2.75) is 19.4 Å². The normalized spacial score (nSPS) is 18.4. The van der Waals surface area contributed by atoms with E-state index in [4.69, 9.17) is 0 Å². The van der Waals surface area contributed by atoms with Gasteiger partial charge in [0.05, 0.1) is 18.0 Å². The van der Waals surface area contributed by atoms with Crippen LogP contribution >= 0.6 is 0 Å². The average molecular weight is 314 g/mol. The van der Waals surface area contributed by atoms with Gasteiger partial charge >= 0.3 is 0 Å². The molecule has 0 radical (unpaired) electrons. The number of benzene rings is 2. The minimum atomic E-state index is -3.41. The van der Waals surface area contributed by atoms with Gasteiger partial charge < -0.3 is 0 Å². The maximum atomic E-state index is 12.1. The Bertz CT molecular complexity index is 796. The zero-order valence-corrected chi connectivity index (χ0v) is 13.4. The number of rotatable bonds is 3. The van der Waals surface area contributed by atoms with Crippen LogP contribution in [0.25, 0.3) is 0 Å². The van der Waals surface area contributed by atoms with Crippen molar-refractivity contribution in [3.63, 3.8) is 0 Å². The lowest BCUT2D eigenvalue weighted by Gasteiger charge is -2.21. The summed E-state index contributed by atoms with van der Waals surface area (Å²) in [5, 5.41) is 4.37. The van der Waals surface area contributed by atoms with Crippen molar-refractivity contribution < 1.29 is 8.42 Å². The first kappa shape index (κ1) is 14.8. The highest BCUT2D eigenvalue weighted by Gasteiger charge is 2.34. The minimum absolute atomic E-state index is 0.272. The molecule has 5 heteroatoms. The third kappa shape index (κ3) is 2.90. The van der Waals surface area contributed by atoms with Crippen molar-refractivity contribution in [1.82, 2.24) is 4.41 Å². The summed E-state index contributed by atoms with van der Waals surface area (Å²) in [5.74, 6) is 0. The van der Waals surface area contributed by atoms with E-state index in [1.165, 1.54) is 10.7 Å². The summed E-state index contributed by atoms with van der Waals surface area (Å²) in [6, 6.07) is 17.4. The van der Waals surface area contributed by atoms with Crippen LogP contribution in [0.2, 0.25) is 0 Å². The number of hydrogen-bond acceptors (Lipinski definition) is 3. The number of nitrogens with zero attached hydrogens (tertiary/aromatic N) is 2. The van der Waals surface area contributed by atoms with Crippen LogP contribution in [0.15, 0.2) is 59.7 Å². The molecule has 0 aromatic heterocycles. The lowest BCUT2D eigenvalue weighted by molar-refractivity contribution is 0.375. The Morgan fingerprint density at radius 3 is 2.27 bits per heavy atom. The van der Waals surface area contributed by atoms with Crippen molar-refractivity contribution in [3.8, 4) is 0 Å². The predicted octanol–water partition coefficient (Wildman–Crippen LogP) is 3.11. The second-order valence-corrected chi connectivity index (χ2v) is 7.42. The summed E-state index contributed by atoms with van der Waals surface area (Å²) in [7, 11) is -3.41. The summed E-state index contributed by atoms with van der Waals surface area (Å²) in [6.45, 7) is 2.01. The van der Waals surface area contributed by atoms with Gasteiger partial charge in [0.25, 0.3) is 0 Å². The fourth-order valence-corrected chi connectivity index (χ4v) is 3.54. The molecule has 0 amide bonds. The molecule has 1 aliphatic heterocycles. The molecule has 2 aromatic rings. The molecule has 1 heterocycles.